The number of hydrogen-bond acceptors (Lipinski definition) is 2. The van der Waals surface area contributed by atoms with Crippen LogP contribution in [-0.2, 0) is 6.54 Å². The lowest BCUT2D eigenvalue weighted by molar-refractivity contribution is 0.333. The smallest absolute Gasteiger partial charge is 0.138 e. The van der Waals surface area contributed by atoms with Gasteiger partial charge in [-0.25, -0.2) is 0 Å². The Balaban J connectivity index is 3.07. The second-order valence-corrected chi connectivity index (χ2v) is 4.13. The second-order valence-electron chi connectivity index (χ2n) is 2.84. The molecule has 0 saturated heterocycles. The van der Waals surface area contributed by atoms with Crippen LogP contribution in [0.3, 0.4) is 0 Å². The zero-order chi connectivity index (χ0) is 10.6. The number of nitrogens with one attached hydrogen (secondary N) is 1. The van der Waals surface area contributed by atoms with Crippen molar-refractivity contribution in [1.82, 2.24) is 5.32 Å². The molecule has 0 aliphatic rings. The third kappa shape index (κ3) is 2.87. The molecule has 0 spiro atoms. The van der Waals surface area contributed by atoms with E-state index in [1.807, 2.05) is 26.1 Å². The van der Waals surface area contributed by atoms with Crippen LogP contribution in [-0.4, -0.2) is 13.7 Å². The van der Waals surface area contributed by atoms with Crippen molar-refractivity contribution >= 4 is 27.5 Å². The summed E-state index contributed by atoms with van der Waals surface area (Å²) < 4.78 is 6.43. The molecular weight excluding hydrogens is 265 g/mol. The van der Waals surface area contributed by atoms with E-state index in [0.717, 1.165) is 22.3 Å². The Kier molecular flexibility index (Phi) is 4.72. The molecule has 0 heterocycles. The van der Waals surface area contributed by atoms with Crippen molar-refractivity contribution < 1.29 is 4.74 Å². The number of halogens is 2. The van der Waals surface area contributed by atoms with Gasteiger partial charge < -0.3 is 10.1 Å². The standard InChI is InChI=1S/C10H13BrClNO/c1-3-14-10-7(6-13-2)4-8(12)5-9(10)11/h4-5,13H,3,6H2,1-2H3. The fraction of sp³-hybridized carbons (Fsp3) is 0.400. The molecule has 0 amide bonds. The van der Waals surface area contributed by atoms with Gasteiger partial charge in [-0.15, -0.1) is 0 Å². The highest BCUT2D eigenvalue weighted by atomic mass is 79.9. The first-order chi connectivity index (χ1) is 6.69. The van der Waals surface area contributed by atoms with Crippen molar-refractivity contribution in [3.8, 4) is 5.75 Å². The molecule has 0 fully saturated rings. The van der Waals surface area contributed by atoms with Gasteiger partial charge in [0.1, 0.15) is 5.75 Å². The molecule has 78 valence electrons. The lowest BCUT2D eigenvalue weighted by Gasteiger charge is -2.12. The molecule has 0 saturated carbocycles. The van der Waals surface area contributed by atoms with Crippen LogP contribution in [0, 0.1) is 0 Å². The number of ether oxygens (including phenoxy) is 1. The molecule has 1 rings (SSSR count). The lowest BCUT2D eigenvalue weighted by Crippen LogP contribution is -2.08. The van der Waals surface area contributed by atoms with E-state index in [9.17, 15) is 0 Å². The SMILES string of the molecule is CCOc1c(Br)cc(Cl)cc1CNC. The van der Waals surface area contributed by atoms with Crippen molar-refractivity contribution in [2.45, 2.75) is 13.5 Å². The van der Waals surface area contributed by atoms with E-state index in [4.69, 9.17) is 16.3 Å². The van der Waals surface area contributed by atoms with Gasteiger partial charge in [0.05, 0.1) is 11.1 Å². The largest absolute Gasteiger partial charge is 0.492 e. The number of hydrogen-bond donors (Lipinski definition) is 1. The summed E-state index contributed by atoms with van der Waals surface area (Å²) in [5.41, 5.74) is 1.06. The Morgan fingerprint density at radius 3 is 2.79 bits per heavy atom. The normalized spacial score (nSPS) is 10.3. The minimum atomic E-state index is 0.650. The first-order valence-electron chi connectivity index (χ1n) is 4.44. The van der Waals surface area contributed by atoms with Crippen molar-refractivity contribution in [3.63, 3.8) is 0 Å². The van der Waals surface area contributed by atoms with Crippen LogP contribution < -0.4 is 10.1 Å². The molecule has 1 N–H and O–H groups in total. The van der Waals surface area contributed by atoms with Crippen LogP contribution >= 0.6 is 27.5 Å². The van der Waals surface area contributed by atoms with Gasteiger partial charge in [0.2, 0.25) is 0 Å². The Hall–Kier alpha value is -0.250. The van der Waals surface area contributed by atoms with E-state index >= 15 is 0 Å². The van der Waals surface area contributed by atoms with Gasteiger partial charge in [-0.2, -0.15) is 0 Å². The molecule has 0 aliphatic heterocycles. The summed E-state index contributed by atoms with van der Waals surface area (Å²) >= 11 is 9.38. The van der Waals surface area contributed by atoms with Crippen LogP contribution in [0.1, 0.15) is 12.5 Å². The lowest BCUT2D eigenvalue weighted by atomic mass is 10.2. The topological polar surface area (TPSA) is 21.3 Å². The molecule has 0 aromatic heterocycles. The van der Waals surface area contributed by atoms with Crippen molar-refractivity contribution in [2.75, 3.05) is 13.7 Å². The Morgan fingerprint density at radius 2 is 2.21 bits per heavy atom. The van der Waals surface area contributed by atoms with Gasteiger partial charge in [0.15, 0.2) is 0 Å². The number of rotatable bonds is 4. The van der Waals surface area contributed by atoms with Crippen LogP contribution in [0.2, 0.25) is 5.02 Å². The Labute approximate surface area is 97.7 Å². The van der Waals surface area contributed by atoms with E-state index in [0.29, 0.717) is 11.6 Å². The van der Waals surface area contributed by atoms with Crippen LogP contribution in [0.4, 0.5) is 0 Å². The monoisotopic (exact) mass is 277 g/mol. The summed E-state index contributed by atoms with van der Waals surface area (Å²) in [5.74, 6) is 0.867. The molecule has 0 bridgehead atoms. The maximum atomic E-state index is 5.94. The van der Waals surface area contributed by atoms with Crippen molar-refractivity contribution in [3.05, 3.63) is 27.2 Å². The summed E-state index contributed by atoms with van der Waals surface area (Å²) in [6.45, 7) is 3.36. The van der Waals surface area contributed by atoms with Crippen molar-refractivity contribution in [2.24, 2.45) is 0 Å². The van der Waals surface area contributed by atoms with Crippen LogP contribution in [0.15, 0.2) is 16.6 Å². The average Bonchev–Trinajstić information content (AvgIpc) is 2.11. The second kappa shape index (κ2) is 5.59. The third-order valence-corrected chi connectivity index (χ3v) is 2.55. The zero-order valence-electron chi connectivity index (χ0n) is 8.23. The molecule has 14 heavy (non-hydrogen) atoms. The van der Waals surface area contributed by atoms with Gasteiger partial charge in [-0.1, -0.05) is 11.6 Å². The van der Waals surface area contributed by atoms with E-state index in [-0.39, 0.29) is 0 Å². The minimum absolute atomic E-state index is 0.650. The molecule has 0 aliphatic carbocycles. The summed E-state index contributed by atoms with van der Waals surface area (Å²) in [6.07, 6.45) is 0. The zero-order valence-corrected chi connectivity index (χ0v) is 10.6. The highest BCUT2D eigenvalue weighted by molar-refractivity contribution is 9.10. The highest BCUT2D eigenvalue weighted by Gasteiger charge is 2.08. The van der Waals surface area contributed by atoms with Crippen LogP contribution in [0.25, 0.3) is 0 Å². The number of benzene rings is 1. The van der Waals surface area contributed by atoms with Gasteiger partial charge >= 0.3 is 0 Å². The van der Waals surface area contributed by atoms with Gasteiger partial charge in [-0.3, -0.25) is 0 Å². The molecule has 4 heteroatoms. The average molecular weight is 279 g/mol. The van der Waals surface area contributed by atoms with Gasteiger partial charge in [0, 0.05) is 17.1 Å². The van der Waals surface area contributed by atoms with E-state index in [1.54, 1.807) is 0 Å². The maximum Gasteiger partial charge on any atom is 0.138 e. The predicted octanol–water partition coefficient (Wildman–Crippen LogP) is 3.22. The molecule has 0 unspecified atom stereocenters. The van der Waals surface area contributed by atoms with Gasteiger partial charge in [0.25, 0.3) is 0 Å². The first-order valence-corrected chi connectivity index (χ1v) is 5.61. The van der Waals surface area contributed by atoms with Crippen molar-refractivity contribution in [1.29, 1.82) is 0 Å². The van der Waals surface area contributed by atoms with Crippen LogP contribution in [0.5, 0.6) is 5.75 Å². The summed E-state index contributed by atoms with van der Waals surface area (Å²) in [5, 5.41) is 3.79. The fourth-order valence-electron chi connectivity index (χ4n) is 1.24. The first kappa shape index (κ1) is 11.8. The molecule has 0 radical (unpaired) electrons. The Morgan fingerprint density at radius 1 is 1.50 bits per heavy atom. The molecule has 0 atom stereocenters. The summed E-state index contributed by atoms with van der Waals surface area (Å²) in [4.78, 5) is 0. The van der Waals surface area contributed by atoms with E-state index in [2.05, 4.69) is 21.2 Å². The maximum absolute atomic E-state index is 5.94. The molecule has 2 nitrogen and oxygen atoms in total. The molecular formula is C10H13BrClNO. The Bertz CT molecular complexity index is 317. The highest BCUT2D eigenvalue weighted by Crippen LogP contribution is 2.32. The fourth-order valence-corrected chi connectivity index (χ4v) is 2.23. The molecule has 1 aromatic carbocycles. The molecule has 1 aromatic rings. The van der Waals surface area contributed by atoms with E-state index in [1.165, 1.54) is 0 Å². The van der Waals surface area contributed by atoms with Gasteiger partial charge in [-0.05, 0) is 42.0 Å². The minimum Gasteiger partial charge on any atom is -0.492 e. The summed E-state index contributed by atoms with van der Waals surface area (Å²) in [7, 11) is 1.89. The summed E-state index contributed by atoms with van der Waals surface area (Å²) in [6, 6.07) is 3.75. The predicted molar refractivity (Wildman–Crippen MR) is 63.1 cm³/mol. The van der Waals surface area contributed by atoms with E-state index < -0.39 is 0 Å². The third-order valence-electron chi connectivity index (χ3n) is 1.74. The quantitative estimate of drug-likeness (QED) is 0.913.